The van der Waals surface area contributed by atoms with Crippen LogP contribution >= 0.6 is 0 Å². The fraction of sp³-hybridized carbons (Fsp3) is 0.308. The van der Waals surface area contributed by atoms with Gasteiger partial charge in [-0.2, -0.15) is 5.10 Å². The maximum Gasteiger partial charge on any atom is 0.256 e. The third-order valence-corrected chi connectivity index (χ3v) is 3.81. The second-order valence-corrected chi connectivity index (χ2v) is 5.05. The highest BCUT2D eigenvalue weighted by molar-refractivity contribution is 5.94. The second kappa shape index (κ2) is 4.65. The molecule has 4 rings (SSSR count). The van der Waals surface area contributed by atoms with Gasteiger partial charge in [0, 0.05) is 12.7 Å². The highest BCUT2D eigenvalue weighted by Gasteiger charge is 2.32. The van der Waals surface area contributed by atoms with Crippen LogP contribution in [0.2, 0.25) is 0 Å². The minimum Gasteiger partial charge on any atom is -0.328 e. The first-order valence-electron chi connectivity index (χ1n) is 6.79. The van der Waals surface area contributed by atoms with Crippen LogP contribution in [0.4, 0.5) is 0 Å². The van der Waals surface area contributed by atoms with Crippen molar-refractivity contribution in [2.24, 2.45) is 0 Å². The van der Waals surface area contributed by atoms with Gasteiger partial charge in [0.05, 0.1) is 23.3 Å². The summed E-state index contributed by atoms with van der Waals surface area (Å²) in [6.07, 6.45) is 6.69. The molecule has 0 aliphatic carbocycles. The summed E-state index contributed by atoms with van der Waals surface area (Å²) >= 11 is 0. The van der Waals surface area contributed by atoms with E-state index in [0.29, 0.717) is 5.56 Å². The summed E-state index contributed by atoms with van der Waals surface area (Å²) in [7, 11) is 0. The molecule has 3 aromatic heterocycles. The van der Waals surface area contributed by atoms with Gasteiger partial charge in [-0.15, -0.1) is 5.10 Å². The number of carbonyl (C=O) groups excluding carboxylic acids is 1. The first kappa shape index (κ1) is 12.0. The standard InChI is InChI=1S/C13H13N7O/c21-13(9-3-4-10-6-15-18-20(10)7-9)19-5-1-2-11(19)12-14-8-16-17-12/h3-4,6-8,11H,1-2,5H2,(H,14,16,17)/t11-/m1/s1. The number of nitrogens with zero attached hydrogens (tertiary/aromatic N) is 6. The molecule has 106 valence electrons. The molecule has 1 aliphatic rings. The third-order valence-electron chi connectivity index (χ3n) is 3.81. The molecule has 21 heavy (non-hydrogen) atoms. The van der Waals surface area contributed by atoms with Crippen LogP contribution in [0.3, 0.4) is 0 Å². The van der Waals surface area contributed by atoms with E-state index in [-0.39, 0.29) is 11.9 Å². The Morgan fingerprint density at radius 1 is 1.38 bits per heavy atom. The van der Waals surface area contributed by atoms with Crippen molar-refractivity contribution in [1.82, 2.24) is 34.9 Å². The van der Waals surface area contributed by atoms with Crippen molar-refractivity contribution in [3.8, 4) is 0 Å². The monoisotopic (exact) mass is 283 g/mol. The number of aromatic amines is 1. The molecule has 4 heterocycles. The average molecular weight is 283 g/mol. The van der Waals surface area contributed by atoms with Crippen molar-refractivity contribution in [3.05, 3.63) is 42.2 Å². The lowest BCUT2D eigenvalue weighted by Crippen LogP contribution is -2.31. The molecule has 0 unspecified atom stereocenters. The van der Waals surface area contributed by atoms with Crippen molar-refractivity contribution >= 4 is 11.4 Å². The Labute approximate surface area is 119 Å². The van der Waals surface area contributed by atoms with E-state index in [4.69, 9.17) is 0 Å². The number of aromatic nitrogens is 6. The maximum absolute atomic E-state index is 12.7. The number of amides is 1. The smallest absolute Gasteiger partial charge is 0.256 e. The van der Waals surface area contributed by atoms with Crippen molar-refractivity contribution in [2.75, 3.05) is 6.54 Å². The molecule has 1 aliphatic heterocycles. The maximum atomic E-state index is 12.7. The number of H-pyrrole nitrogens is 1. The number of rotatable bonds is 2. The molecule has 0 saturated carbocycles. The SMILES string of the molecule is O=C(c1ccc2cnnn2c1)N1CCC[C@@H]1c1ncn[nH]1. The largest absolute Gasteiger partial charge is 0.328 e. The molecule has 8 heteroatoms. The molecular formula is C13H13N7O. The molecule has 0 radical (unpaired) electrons. The quantitative estimate of drug-likeness (QED) is 0.752. The van der Waals surface area contributed by atoms with Crippen molar-refractivity contribution in [2.45, 2.75) is 18.9 Å². The third kappa shape index (κ3) is 1.95. The van der Waals surface area contributed by atoms with Crippen molar-refractivity contribution < 1.29 is 4.79 Å². The zero-order valence-corrected chi connectivity index (χ0v) is 11.2. The lowest BCUT2D eigenvalue weighted by atomic mass is 10.2. The van der Waals surface area contributed by atoms with Gasteiger partial charge in [0.2, 0.25) is 0 Å². The van der Waals surface area contributed by atoms with Crippen LogP contribution in [-0.4, -0.2) is 47.4 Å². The summed E-state index contributed by atoms with van der Waals surface area (Å²) in [4.78, 5) is 18.7. The predicted molar refractivity (Wildman–Crippen MR) is 72.4 cm³/mol. The van der Waals surface area contributed by atoms with E-state index in [1.165, 1.54) is 6.33 Å². The number of likely N-dealkylation sites (tertiary alicyclic amines) is 1. The lowest BCUT2D eigenvalue weighted by Gasteiger charge is -2.22. The van der Waals surface area contributed by atoms with E-state index in [2.05, 4.69) is 25.5 Å². The Morgan fingerprint density at radius 2 is 2.33 bits per heavy atom. The van der Waals surface area contributed by atoms with E-state index in [1.807, 2.05) is 11.0 Å². The van der Waals surface area contributed by atoms with Gasteiger partial charge in [0.1, 0.15) is 12.2 Å². The highest BCUT2D eigenvalue weighted by atomic mass is 16.2. The van der Waals surface area contributed by atoms with Crippen LogP contribution < -0.4 is 0 Å². The summed E-state index contributed by atoms with van der Waals surface area (Å²) in [5.74, 6) is 0.717. The lowest BCUT2D eigenvalue weighted by molar-refractivity contribution is 0.0729. The van der Waals surface area contributed by atoms with Gasteiger partial charge in [-0.3, -0.25) is 9.89 Å². The molecule has 0 spiro atoms. The van der Waals surface area contributed by atoms with Crippen molar-refractivity contribution in [3.63, 3.8) is 0 Å². The van der Waals surface area contributed by atoms with Gasteiger partial charge in [-0.25, -0.2) is 9.50 Å². The van der Waals surface area contributed by atoms with Gasteiger partial charge in [0.25, 0.3) is 5.91 Å². The molecular weight excluding hydrogens is 270 g/mol. The Morgan fingerprint density at radius 3 is 3.19 bits per heavy atom. The normalized spacial score (nSPS) is 18.5. The Hall–Kier alpha value is -2.77. The molecule has 1 amide bonds. The van der Waals surface area contributed by atoms with Crippen LogP contribution in [0.1, 0.15) is 35.1 Å². The molecule has 0 aromatic carbocycles. The molecule has 0 bridgehead atoms. The summed E-state index contributed by atoms with van der Waals surface area (Å²) in [5.41, 5.74) is 1.46. The Balaban J connectivity index is 1.66. The van der Waals surface area contributed by atoms with E-state index in [9.17, 15) is 4.79 Å². The summed E-state index contributed by atoms with van der Waals surface area (Å²) in [5, 5.41) is 14.5. The van der Waals surface area contributed by atoms with Gasteiger partial charge in [-0.05, 0) is 25.0 Å². The van der Waals surface area contributed by atoms with E-state index < -0.39 is 0 Å². The summed E-state index contributed by atoms with van der Waals surface area (Å²) in [6.45, 7) is 0.722. The fourth-order valence-corrected chi connectivity index (χ4v) is 2.78. The minimum absolute atomic E-state index is 0.0219. The van der Waals surface area contributed by atoms with Gasteiger partial charge >= 0.3 is 0 Å². The second-order valence-electron chi connectivity index (χ2n) is 5.05. The predicted octanol–water partition coefficient (Wildman–Crippen LogP) is 0.825. The molecule has 1 saturated heterocycles. The van der Waals surface area contributed by atoms with Gasteiger partial charge < -0.3 is 4.90 Å². The number of pyridine rings is 1. The van der Waals surface area contributed by atoms with E-state index >= 15 is 0 Å². The van der Waals surface area contributed by atoms with Gasteiger partial charge in [-0.1, -0.05) is 5.21 Å². The van der Waals surface area contributed by atoms with E-state index in [1.54, 1.807) is 23.0 Å². The van der Waals surface area contributed by atoms with Crippen LogP contribution in [0.5, 0.6) is 0 Å². The van der Waals surface area contributed by atoms with Crippen LogP contribution in [0.25, 0.3) is 5.52 Å². The molecule has 1 N–H and O–H groups in total. The number of carbonyl (C=O) groups is 1. The number of fused-ring (bicyclic) bond motifs is 1. The Kier molecular flexibility index (Phi) is 2.66. The minimum atomic E-state index is -0.0357. The highest BCUT2D eigenvalue weighted by Crippen LogP contribution is 2.30. The molecule has 1 fully saturated rings. The number of hydrogen-bond donors (Lipinski definition) is 1. The van der Waals surface area contributed by atoms with E-state index in [0.717, 1.165) is 30.7 Å². The molecule has 3 aromatic rings. The first-order valence-corrected chi connectivity index (χ1v) is 6.79. The van der Waals surface area contributed by atoms with Crippen LogP contribution in [0.15, 0.2) is 30.9 Å². The van der Waals surface area contributed by atoms with Crippen LogP contribution in [-0.2, 0) is 0 Å². The number of hydrogen-bond acceptors (Lipinski definition) is 5. The molecule has 8 nitrogen and oxygen atoms in total. The zero-order chi connectivity index (χ0) is 14.2. The molecule has 1 atom stereocenters. The summed E-state index contributed by atoms with van der Waals surface area (Å²) in [6, 6.07) is 3.61. The first-order chi connectivity index (χ1) is 10.3. The number of nitrogens with one attached hydrogen (secondary N) is 1. The summed E-state index contributed by atoms with van der Waals surface area (Å²) < 4.78 is 1.60. The zero-order valence-electron chi connectivity index (χ0n) is 11.2. The fourth-order valence-electron chi connectivity index (χ4n) is 2.78. The Bertz CT molecular complexity index is 779. The van der Waals surface area contributed by atoms with Crippen molar-refractivity contribution in [1.29, 1.82) is 0 Å². The topological polar surface area (TPSA) is 92.1 Å². The average Bonchev–Trinajstić information content (AvgIpc) is 3.24. The van der Waals surface area contributed by atoms with Gasteiger partial charge in [0.15, 0.2) is 0 Å². The van der Waals surface area contributed by atoms with Crippen LogP contribution in [0, 0.1) is 0 Å².